The van der Waals surface area contributed by atoms with Gasteiger partial charge in [0.15, 0.2) is 0 Å². The van der Waals surface area contributed by atoms with E-state index in [9.17, 15) is 0 Å². The fourth-order valence-electron chi connectivity index (χ4n) is 9.09. The summed E-state index contributed by atoms with van der Waals surface area (Å²) in [5.74, 6) is 0. The van der Waals surface area contributed by atoms with E-state index in [1.807, 2.05) is 0 Å². The van der Waals surface area contributed by atoms with Crippen LogP contribution >= 0.6 is 0 Å². The molecule has 9 rings (SSSR count). The second-order valence-electron chi connectivity index (χ2n) is 15.7. The summed E-state index contributed by atoms with van der Waals surface area (Å²) >= 11 is 0. The van der Waals surface area contributed by atoms with Crippen LogP contribution in [0, 0.1) is 0 Å². The molecule has 1 aromatic heterocycles. The molecule has 0 saturated carbocycles. The molecule has 8 aromatic rings. The second-order valence-corrected chi connectivity index (χ2v) is 15.7. The van der Waals surface area contributed by atoms with Crippen molar-refractivity contribution >= 4 is 38.8 Å². The number of hydrogen-bond donors (Lipinski definition) is 0. The number of anilines is 2. The van der Waals surface area contributed by atoms with Crippen molar-refractivity contribution in [3.63, 3.8) is 0 Å². The Hall–Kier alpha value is -6.64. The molecule has 272 valence electrons. The van der Waals surface area contributed by atoms with Gasteiger partial charge in [-0.25, -0.2) is 0 Å². The van der Waals surface area contributed by atoms with Crippen LogP contribution < -0.4 is 4.90 Å². The fourth-order valence-corrected chi connectivity index (χ4v) is 9.09. The van der Waals surface area contributed by atoms with Crippen molar-refractivity contribution in [3.8, 4) is 27.9 Å². The topological polar surface area (TPSA) is 8.17 Å². The van der Waals surface area contributed by atoms with Crippen LogP contribution in [0.15, 0.2) is 199 Å². The maximum Gasteiger partial charge on any atom is 0.0547 e. The summed E-state index contributed by atoms with van der Waals surface area (Å²) < 4.78 is 2.37. The van der Waals surface area contributed by atoms with Crippen molar-refractivity contribution in [1.82, 2.24) is 4.57 Å². The van der Waals surface area contributed by atoms with Gasteiger partial charge in [-0.2, -0.15) is 0 Å². The summed E-state index contributed by atoms with van der Waals surface area (Å²) in [7, 11) is 0. The lowest BCUT2D eigenvalue weighted by Gasteiger charge is -2.32. The summed E-state index contributed by atoms with van der Waals surface area (Å²) in [6, 6.07) is 61.4. The van der Waals surface area contributed by atoms with Crippen LogP contribution in [0.4, 0.5) is 11.4 Å². The van der Waals surface area contributed by atoms with E-state index in [2.05, 4.69) is 220 Å². The minimum absolute atomic E-state index is 0.118. The van der Waals surface area contributed by atoms with E-state index in [4.69, 9.17) is 6.58 Å². The van der Waals surface area contributed by atoms with E-state index in [0.717, 1.165) is 33.8 Å². The van der Waals surface area contributed by atoms with Crippen molar-refractivity contribution in [3.05, 3.63) is 216 Å². The van der Waals surface area contributed by atoms with Crippen LogP contribution in [-0.4, -0.2) is 4.57 Å². The number of allylic oxidation sites excluding steroid dienone is 4. The Labute approximate surface area is 331 Å². The summed E-state index contributed by atoms with van der Waals surface area (Å²) in [4.78, 5) is 2.49. The largest absolute Gasteiger partial charge is 0.310 e. The smallest absolute Gasteiger partial charge is 0.0547 e. The van der Waals surface area contributed by atoms with Gasteiger partial charge in [-0.1, -0.05) is 153 Å². The summed E-state index contributed by atoms with van der Waals surface area (Å²) in [6.45, 7) is 16.2. The van der Waals surface area contributed by atoms with Crippen LogP contribution in [0.25, 0.3) is 55.3 Å². The van der Waals surface area contributed by atoms with Crippen LogP contribution in [0.5, 0.6) is 0 Å². The van der Waals surface area contributed by atoms with Crippen molar-refractivity contribution in [2.45, 2.75) is 40.0 Å². The van der Waals surface area contributed by atoms with E-state index in [-0.39, 0.29) is 5.41 Å². The molecule has 0 unspecified atom stereocenters. The average Bonchev–Trinajstić information content (AvgIpc) is 3.69. The molecule has 0 saturated heterocycles. The molecule has 1 aliphatic rings. The molecule has 0 amide bonds. The van der Waals surface area contributed by atoms with Crippen LogP contribution in [0.2, 0.25) is 0 Å². The molecule has 1 aliphatic carbocycles. The van der Waals surface area contributed by atoms with E-state index < -0.39 is 0 Å². The quantitative estimate of drug-likeness (QED) is 0.142. The van der Waals surface area contributed by atoms with Gasteiger partial charge in [-0.05, 0) is 114 Å². The van der Waals surface area contributed by atoms with Gasteiger partial charge in [-0.3, -0.25) is 0 Å². The van der Waals surface area contributed by atoms with Crippen molar-refractivity contribution in [2.75, 3.05) is 4.90 Å². The monoisotopic (exact) mass is 722 g/mol. The normalized spacial score (nSPS) is 13.1. The van der Waals surface area contributed by atoms with Gasteiger partial charge in [0, 0.05) is 38.8 Å². The summed E-state index contributed by atoms with van der Waals surface area (Å²) in [6.07, 6.45) is 2.29. The van der Waals surface area contributed by atoms with Crippen LogP contribution in [-0.2, 0) is 5.41 Å². The Bertz CT molecular complexity index is 2840. The van der Waals surface area contributed by atoms with E-state index >= 15 is 0 Å². The molecule has 2 heteroatoms. The Morgan fingerprint density at radius 1 is 0.589 bits per heavy atom. The molecule has 0 atom stereocenters. The van der Waals surface area contributed by atoms with Crippen LogP contribution in [0.1, 0.15) is 51.3 Å². The minimum Gasteiger partial charge on any atom is -0.310 e. The van der Waals surface area contributed by atoms with Gasteiger partial charge >= 0.3 is 0 Å². The average molecular weight is 723 g/mol. The molecule has 1 heterocycles. The van der Waals surface area contributed by atoms with Crippen molar-refractivity contribution < 1.29 is 0 Å². The predicted octanol–water partition coefficient (Wildman–Crippen LogP) is 14.8. The van der Waals surface area contributed by atoms with Gasteiger partial charge in [0.1, 0.15) is 0 Å². The third-order valence-corrected chi connectivity index (χ3v) is 11.6. The van der Waals surface area contributed by atoms with Crippen LogP contribution in [0.3, 0.4) is 0 Å². The molecule has 0 spiro atoms. The number of aromatic nitrogens is 1. The highest BCUT2D eigenvalue weighted by Gasteiger charge is 2.38. The zero-order valence-electron chi connectivity index (χ0n) is 32.8. The summed E-state index contributed by atoms with van der Waals surface area (Å²) in [5.41, 5.74) is 19.0. The first-order chi connectivity index (χ1) is 27.2. The third-order valence-electron chi connectivity index (χ3n) is 11.6. The molecule has 56 heavy (non-hydrogen) atoms. The highest BCUT2D eigenvalue weighted by molar-refractivity contribution is 6.14. The van der Waals surface area contributed by atoms with E-state index in [1.54, 1.807) is 0 Å². The lowest BCUT2D eigenvalue weighted by atomic mass is 9.82. The first-order valence-electron chi connectivity index (χ1n) is 19.6. The number of rotatable bonds is 8. The number of fused-ring (bicyclic) bond motifs is 6. The van der Waals surface area contributed by atoms with Crippen molar-refractivity contribution in [1.29, 1.82) is 0 Å². The first kappa shape index (κ1) is 35.1. The highest BCUT2D eigenvalue weighted by atomic mass is 15.2. The SMILES string of the molecule is C=C(/C=C(/C)C(=C(C)C)N(c1ccc(-c2ccccc2)cc1)c1cccc2c1-c1ccccc1C2(C)C)c1cccc2c1c1ccccc1n2-c1ccccc1. The predicted molar refractivity (Wildman–Crippen MR) is 240 cm³/mol. The lowest BCUT2D eigenvalue weighted by molar-refractivity contribution is 0.660. The van der Waals surface area contributed by atoms with Gasteiger partial charge in [0.05, 0.1) is 16.7 Å². The number of benzene rings is 7. The molecular weight excluding hydrogens is 677 g/mol. The molecule has 2 nitrogen and oxygen atoms in total. The highest BCUT2D eigenvalue weighted by Crippen LogP contribution is 2.54. The molecule has 0 radical (unpaired) electrons. The molecule has 0 bridgehead atoms. The molecular formula is C54H46N2. The summed E-state index contributed by atoms with van der Waals surface area (Å²) in [5, 5.41) is 2.44. The second kappa shape index (κ2) is 13.9. The Kier molecular flexibility index (Phi) is 8.70. The van der Waals surface area contributed by atoms with Gasteiger partial charge < -0.3 is 9.47 Å². The van der Waals surface area contributed by atoms with E-state index in [0.29, 0.717) is 0 Å². The number of hydrogen-bond acceptors (Lipinski definition) is 1. The number of nitrogens with zero attached hydrogens (tertiary/aromatic N) is 2. The number of para-hydroxylation sites is 2. The first-order valence-corrected chi connectivity index (χ1v) is 19.6. The maximum atomic E-state index is 4.78. The lowest BCUT2D eigenvalue weighted by Crippen LogP contribution is -2.20. The Morgan fingerprint density at radius 2 is 1.20 bits per heavy atom. The zero-order chi connectivity index (χ0) is 38.6. The van der Waals surface area contributed by atoms with Gasteiger partial charge in [0.25, 0.3) is 0 Å². The maximum absolute atomic E-state index is 4.78. The van der Waals surface area contributed by atoms with Crippen molar-refractivity contribution in [2.24, 2.45) is 0 Å². The third kappa shape index (κ3) is 5.72. The Balaban J connectivity index is 1.22. The standard InChI is InChI=1S/C54H46N2/c1-36(2)53(38(4)35-37(3)43-25-17-29-49-51(43)45-24-14-16-28-48(45)55(49)41-21-11-8-12-22-41)56(42-33-31-40(32-34-42)39-19-9-7-10-20-39)50-30-18-27-47-52(50)44-23-13-15-26-46(44)54(47,5)6/h7-35H,3H2,1-2,4-6H3/b38-35-. The zero-order valence-corrected chi connectivity index (χ0v) is 32.8. The van der Waals surface area contributed by atoms with Gasteiger partial charge in [-0.15, -0.1) is 0 Å². The fraction of sp³-hybridized carbons (Fsp3) is 0.111. The molecule has 0 fully saturated rings. The molecule has 0 N–H and O–H groups in total. The van der Waals surface area contributed by atoms with Gasteiger partial charge in [0.2, 0.25) is 0 Å². The minimum atomic E-state index is -0.118. The van der Waals surface area contributed by atoms with E-state index in [1.165, 1.54) is 66.4 Å². The molecule has 7 aromatic carbocycles. The molecule has 0 aliphatic heterocycles. The Morgan fingerprint density at radius 3 is 1.95 bits per heavy atom.